The Kier molecular flexibility index (Phi) is 3.93. The molecule has 0 spiro atoms. The maximum absolute atomic E-state index is 13.4. The van der Waals surface area contributed by atoms with Gasteiger partial charge in [0.15, 0.2) is 0 Å². The summed E-state index contributed by atoms with van der Waals surface area (Å²) in [6, 6.07) is 6.42. The number of anilines is 1. The Labute approximate surface area is 113 Å². The Morgan fingerprint density at radius 3 is 2.40 bits per heavy atom. The molecule has 0 saturated carbocycles. The second-order valence-corrected chi connectivity index (χ2v) is 4.15. The number of carbonyl (C=O) groups is 1. The molecule has 20 heavy (non-hydrogen) atoms. The first-order chi connectivity index (χ1) is 9.47. The van der Waals surface area contributed by atoms with Crippen molar-refractivity contribution in [2.45, 2.75) is 6.54 Å². The average Bonchev–Trinajstić information content (AvgIpc) is 2.40. The number of nitrogens with one attached hydrogen (secondary N) is 1. The van der Waals surface area contributed by atoms with Crippen molar-refractivity contribution in [3.63, 3.8) is 0 Å². The van der Waals surface area contributed by atoms with E-state index < -0.39 is 23.4 Å². The van der Waals surface area contributed by atoms with Crippen molar-refractivity contribution in [3.05, 3.63) is 65.0 Å². The number of nitrogen functional groups attached to an aromatic ring is 1. The van der Waals surface area contributed by atoms with E-state index in [1.54, 1.807) is 0 Å². The van der Waals surface area contributed by atoms with Crippen LogP contribution < -0.4 is 11.1 Å². The van der Waals surface area contributed by atoms with Gasteiger partial charge in [0.25, 0.3) is 5.91 Å². The summed E-state index contributed by atoms with van der Waals surface area (Å²) < 4.78 is 39.1. The van der Waals surface area contributed by atoms with Gasteiger partial charge in [-0.2, -0.15) is 0 Å². The molecule has 0 aliphatic carbocycles. The van der Waals surface area contributed by atoms with Gasteiger partial charge >= 0.3 is 0 Å². The van der Waals surface area contributed by atoms with Crippen molar-refractivity contribution >= 4 is 11.6 Å². The SMILES string of the molecule is Nc1ccc(F)cc1C(=O)NCc1ccc(F)cc1F. The molecule has 0 bridgehead atoms. The predicted molar refractivity (Wildman–Crippen MR) is 68.3 cm³/mol. The summed E-state index contributed by atoms with van der Waals surface area (Å²) in [5.74, 6) is -2.70. The van der Waals surface area contributed by atoms with Gasteiger partial charge in [-0.1, -0.05) is 6.07 Å². The van der Waals surface area contributed by atoms with Crippen molar-refractivity contribution in [1.29, 1.82) is 0 Å². The molecule has 0 aliphatic heterocycles. The maximum Gasteiger partial charge on any atom is 0.253 e. The first-order valence-corrected chi connectivity index (χ1v) is 5.74. The van der Waals surface area contributed by atoms with Crippen LogP contribution in [0.25, 0.3) is 0 Å². The Morgan fingerprint density at radius 1 is 1.05 bits per heavy atom. The smallest absolute Gasteiger partial charge is 0.253 e. The standard InChI is InChI=1S/C14H11F3N2O/c15-9-3-4-13(18)11(5-9)14(20)19-7-8-1-2-10(16)6-12(8)17/h1-6H,7,18H2,(H,19,20). The van der Waals surface area contributed by atoms with Crippen LogP contribution >= 0.6 is 0 Å². The summed E-state index contributed by atoms with van der Waals surface area (Å²) in [5.41, 5.74) is 5.76. The van der Waals surface area contributed by atoms with Crippen molar-refractivity contribution in [3.8, 4) is 0 Å². The largest absolute Gasteiger partial charge is 0.398 e. The van der Waals surface area contributed by atoms with Crippen LogP contribution in [0, 0.1) is 17.5 Å². The lowest BCUT2D eigenvalue weighted by Crippen LogP contribution is -2.24. The summed E-state index contributed by atoms with van der Waals surface area (Å²) in [6.07, 6.45) is 0. The van der Waals surface area contributed by atoms with Crippen LogP contribution in [0.5, 0.6) is 0 Å². The Bertz CT molecular complexity index is 659. The van der Waals surface area contributed by atoms with Crippen molar-refractivity contribution < 1.29 is 18.0 Å². The summed E-state index contributed by atoms with van der Waals surface area (Å²) in [6.45, 7) is -0.152. The highest BCUT2D eigenvalue weighted by molar-refractivity contribution is 5.99. The zero-order valence-corrected chi connectivity index (χ0v) is 10.3. The average molecular weight is 280 g/mol. The van der Waals surface area contributed by atoms with Gasteiger partial charge < -0.3 is 11.1 Å². The van der Waals surface area contributed by atoms with E-state index in [-0.39, 0.29) is 23.4 Å². The van der Waals surface area contributed by atoms with Crippen molar-refractivity contribution in [2.75, 3.05) is 5.73 Å². The molecule has 0 atom stereocenters. The Hall–Kier alpha value is -2.50. The normalized spacial score (nSPS) is 10.3. The number of halogens is 3. The van der Waals surface area contributed by atoms with Gasteiger partial charge in [-0.05, 0) is 24.3 Å². The molecule has 104 valence electrons. The molecular weight excluding hydrogens is 269 g/mol. The predicted octanol–water partition coefficient (Wildman–Crippen LogP) is 2.62. The minimum Gasteiger partial charge on any atom is -0.398 e. The minimum absolute atomic E-state index is 0.0347. The van der Waals surface area contributed by atoms with Gasteiger partial charge in [0, 0.05) is 23.9 Å². The number of rotatable bonds is 3. The fraction of sp³-hybridized carbons (Fsp3) is 0.0714. The molecule has 2 rings (SSSR count). The summed E-state index contributed by atoms with van der Waals surface area (Å²) in [4.78, 5) is 11.8. The quantitative estimate of drug-likeness (QED) is 0.849. The van der Waals surface area contributed by atoms with E-state index in [4.69, 9.17) is 5.73 Å². The summed E-state index contributed by atoms with van der Waals surface area (Å²) in [5, 5.41) is 2.40. The molecule has 2 aromatic carbocycles. The highest BCUT2D eigenvalue weighted by Gasteiger charge is 2.12. The minimum atomic E-state index is -0.766. The molecular formula is C14H11F3N2O. The molecule has 0 fully saturated rings. The van der Waals surface area contributed by atoms with Gasteiger partial charge in [-0.15, -0.1) is 0 Å². The second-order valence-electron chi connectivity index (χ2n) is 4.15. The summed E-state index contributed by atoms with van der Waals surface area (Å²) in [7, 11) is 0. The maximum atomic E-state index is 13.4. The van der Waals surface area contributed by atoms with Crippen LogP contribution in [0.4, 0.5) is 18.9 Å². The van der Waals surface area contributed by atoms with Crippen LogP contribution in [0.2, 0.25) is 0 Å². The van der Waals surface area contributed by atoms with E-state index in [1.807, 2.05) is 0 Å². The number of hydrogen-bond donors (Lipinski definition) is 2. The van der Waals surface area contributed by atoms with E-state index >= 15 is 0 Å². The highest BCUT2D eigenvalue weighted by Crippen LogP contribution is 2.14. The molecule has 0 radical (unpaired) electrons. The number of hydrogen-bond acceptors (Lipinski definition) is 2. The van der Waals surface area contributed by atoms with Crippen LogP contribution in [0.3, 0.4) is 0 Å². The van der Waals surface area contributed by atoms with Crippen LogP contribution in [0.15, 0.2) is 36.4 Å². The number of nitrogens with two attached hydrogens (primary N) is 1. The fourth-order valence-electron chi connectivity index (χ4n) is 1.66. The number of benzene rings is 2. The van der Waals surface area contributed by atoms with Gasteiger partial charge in [-0.25, -0.2) is 13.2 Å². The molecule has 0 heterocycles. The third kappa shape index (κ3) is 3.09. The number of amides is 1. The van der Waals surface area contributed by atoms with Crippen LogP contribution in [-0.2, 0) is 6.54 Å². The van der Waals surface area contributed by atoms with Gasteiger partial charge in [0.2, 0.25) is 0 Å². The molecule has 3 N–H and O–H groups in total. The lowest BCUT2D eigenvalue weighted by atomic mass is 10.1. The topological polar surface area (TPSA) is 55.1 Å². The van der Waals surface area contributed by atoms with E-state index in [1.165, 1.54) is 12.1 Å². The lowest BCUT2D eigenvalue weighted by Gasteiger charge is -2.08. The lowest BCUT2D eigenvalue weighted by molar-refractivity contribution is 0.0951. The molecule has 0 saturated heterocycles. The van der Waals surface area contributed by atoms with E-state index in [2.05, 4.69) is 5.32 Å². The first kappa shape index (κ1) is 13.9. The van der Waals surface area contributed by atoms with Gasteiger partial charge in [0.05, 0.1) is 5.56 Å². The van der Waals surface area contributed by atoms with E-state index in [0.717, 1.165) is 24.3 Å². The molecule has 0 aliphatic rings. The zero-order valence-electron chi connectivity index (χ0n) is 10.3. The Balaban J connectivity index is 2.10. The van der Waals surface area contributed by atoms with E-state index in [0.29, 0.717) is 0 Å². The third-order valence-corrected chi connectivity index (χ3v) is 2.71. The fourth-order valence-corrected chi connectivity index (χ4v) is 1.66. The molecule has 3 nitrogen and oxygen atoms in total. The first-order valence-electron chi connectivity index (χ1n) is 5.74. The van der Waals surface area contributed by atoms with E-state index in [9.17, 15) is 18.0 Å². The number of carbonyl (C=O) groups excluding carboxylic acids is 1. The molecule has 2 aromatic rings. The van der Waals surface area contributed by atoms with Gasteiger partial charge in [-0.3, -0.25) is 4.79 Å². The molecule has 0 aromatic heterocycles. The van der Waals surface area contributed by atoms with Gasteiger partial charge in [0.1, 0.15) is 17.5 Å². The van der Waals surface area contributed by atoms with Crippen molar-refractivity contribution in [2.24, 2.45) is 0 Å². The van der Waals surface area contributed by atoms with Crippen LogP contribution in [0.1, 0.15) is 15.9 Å². The second kappa shape index (κ2) is 5.64. The van der Waals surface area contributed by atoms with Crippen LogP contribution in [-0.4, -0.2) is 5.91 Å². The Morgan fingerprint density at radius 2 is 1.70 bits per heavy atom. The van der Waals surface area contributed by atoms with Crippen molar-refractivity contribution in [1.82, 2.24) is 5.32 Å². The molecule has 0 unspecified atom stereocenters. The highest BCUT2D eigenvalue weighted by atomic mass is 19.1. The third-order valence-electron chi connectivity index (χ3n) is 2.71. The summed E-state index contributed by atoms with van der Waals surface area (Å²) >= 11 is 0. The molecule has 1 amide bonds. The zero-order chi connectivity index (χ0) is 14.7. The molecule has 6 heteroatoms. The monoisotopic (exact) mass is 280 g/mol.